The van der Waals surface area contributed by atoms with Gasteiger partial charge in [-0.15, -0.1) is 0 Å². The lowest BCUT2D eigenvalue weighted by Crippen LogP contribution is -2.43. The van der Waals surface area contributed by atoms with Crippen LogP contribution >= 0.6 is 0 Å². The molecule has 0 aliphatic carbocycles. The van der Waals surface area contributed by atoms with Crippen LogP contribution in [0.25, 0.3) is 0 Å². The van der Waals surface area contributed by atoms with Gasteiger partial charge in [0.1, 0.15) is 5.82 Å². The minimum Gasteiger partial charge on any atom is -0.346 e. The molecule has 2 atom stereocenters. The van der Waals surface area contributed by atoms with Crippen molar-refractivity contribution in [2.75, 3.05) is 13.1 Å². The molecule has 3 rings (SSSR count). The molecular formula is C18H23FN4O2. The van der Waals surface area contributed by atoms with Crippen molar-refractivity contribution in [1.82, 2.24) is 20.4 Å². The highest BCUT2D eigenvalue weighted by atomic mass is 19.1. The average molecular weight is 346 g/mol. The van der Waals surface area contributed by atoms with E-state index in [1.54, 1.807) is 19.1 Å². The van der Waals surface area contributed by atoms with E-state index in [4.69, 9.17) is 4.52 Å². The summed E-state index contributed by atoms with van der Waals surface area (Å²) in [5.41, 5.74) is 0.927. The van der Waals surface area contributed by atoms with Crippen LogP contribution in [0.15, 0.2) is 28.8 Å². The Morgan fingerprint density at radius 3 is 3.08 bits per heavy atom. The molecule has 1 aliphatic rings. The summed E-state index contributed by atoms with van der Waals surface area (Å²) in [6, 6.07) is 6.32. The van der Waals surface area contributed by atoms with Gasteiger partial charge in [0.05, 0.1) is 12.0 Å². The van der Waals surface area contributed by atoms with Crippen molar-refractivity contribution in [3.05, 3.63) is 47.4 Å². The zero-order valence-electron chi connectivity index (χ0n) is 14.5. The molecule has 1 aliphatic heterocycles. The molecule has 0 bridgehead atoms. The second-order valence-corrected chi connectivity index (χ2v) is 6.61. The van der Waals surface area contributed by atoms with Gasteiger partial charge in [0.25, 0.3) is 0 Å². The molecule has 0 radical (unpaired) electrons. The Bertz CT molecular complexity index is 733. The number of halogens is 1. The number of carbonyl (C=O) groups is 1. The Labute approximate surface area is 146 Å². The minimum absolute atomic E-state index is 0.00102. The molecule has 0 spiro atoms. The molecule has 1 saturated heterocycles. The fourth-order valence-electron chi connectivity index (χ4n) is 3.19. The topological polar surface area (TPSA) is 71.3 Å². The fraction of sp³-hybridized carbons (Fsp3) is 0.500. The number of rotatable bonds is 5. The van der Waals surface area contributed by atoms with Crippen LogP contribution in [-0.2, 0) is 11.3 Å². The number of piperidine rings is 1. The van der Waals surface area contributed by atoms with Crippen molar-refractivity contribution >= 4 is 5.91 Å². The highest BCUT2D eigenvalue weighted by molar-refractivity contribution is 5.79. The van der Waals surface area contributed by atoms with Gasteiger partial charge in [0, 0.05) is 20.0 Å². The summed E-state index contributed by atoms with van der Waals surface area (Å²) in [5, 5.41) is 6.81. The van der Waals surface area contributed by atoms with Crippen molar-refractivity contribution in [3.8, 4) is 0 Å². The molecule has 1 aromatic carbocycles. The SMILES string of the molecule is Cc1nc([C@H](C)NC(=O)[C@H]2CCCN(Cc3cccc(F)c3)C2)no1. The lowest BCUT2D eigenvalue weighted by molar-refractivity contribution is -0.127. The van der Waals surface area contributed by atoms with Crippen LogP contribution in [0.2, 0.25) is 0 Å². The van der Waals surface area contributed by atoms with E-state index in [9.17, 15) is 9.18 Å². The molecule has 1 aromatic heterocycles. The van der Waals surface area contributed by atoms with E-state index >= 15 is 0 Å². The van der Waals surface area contributed by atoms with Crippen LogP contribution in [0, 0.1) is 18.7 Å². The summed E-state index contributed by atoms with van der Waals surface area (Å²) >= 11 is 0. The highest BCUT2D eigenvalue weighted by Gasteiger charge is 2.27. The third-order valence-electron chi connectivity index (χ3n) is 4.46. The van der Waals surface area contributed by atoms with E-state index in [0.29, 0.717) is 24.8 Å². The smallest absolute Gasteiger partial charge is 0.224 e. The molecule has 7 heteroatoms. The maximum atomic E-state index is 13.3. The summed E-state index contributed by atoms with van der Waals surface area (Å²) in [6.45, 7) is 5.80. The first kappa shape index (κ1) is 17.5. The number of likely N-dealkylation sites (tertiary alicyclic amines) is 1. The van der Waals surface area contributed by atoms with Gasteiger partial charge in [-0.05, 0) is 44.0 Å². The molecule has 1 fully saturated rings. The summed E-state index contributed by atoms with van der Waals surface area (Å²) < 4.78 is 18.3. The number of carbonyl (C=O) groups excluding carboxylic acids is 1. The molecule has 134 valence electrons. The third kappa shape index (κ3) is 4.63. The maximum Gasteiger partial charge on any atom is 0.224 e. The zero-order chi connectivity index (χ0) is 17.8. The van der Waals surface area contributed by atoms with Gasteiger partial charge in [-0.1, -0.05) is 17.3 Å². The van der Waals surface area contributed by atoms with E-state index in [1.807, 2.05) is 13.0 Å². The summed E-state index contributed by atoms with van der Waals surface area (Å²) in [6.07, 6.45) is 1.80. The summed E-state index contributed by atoms with van der Waals surface area (Å²) in [4.78, 5) is 18.9. The average Bonchev–Trinajstić information content (AvgIpc) is 3.02. The maximum absolute atomic E-state index is 13.3. The number of amides is 1. The number of hydrogen-bond donors (Lipinski definition) is 1. The molecular weight excluding hydrogens is 323 g/mol. The summed E-state index contributed by atoms with van der Waals surface area (Å²) in [7, 11) is 0. The fourth-order valence-corrected chi connectivity index (χ4v) is 3.19. The van der Waals surface area contributed by atoms with Gasteiger partial charge in [-0.25, -0.2) is 4.39 Å². The van der Waals surface area contributed by atoms with Gasteiger partial charge in [-0.3, -0.25) is 9.69 Å². The van der Waals surface area contributed by atoms with Crippen LogP contribution in [0.3, 0.4) is 0 Å². The Morgan fingerprint density at radius 2 is 2.36 bits per heavy atom. The predicted molar refractivity (Wildman–Crippen MR) is 90.0 cm³/mol. The predicted octanol–water partition coefficient (Wildman–Crippen LogP) is 2.61. The van der Waals surface area contributed by atoms with Gasteiger partial charge < -0.3 is 9.84 Å². The van der Waals surface area contributed by atoms with Crippen LogP contribution in [0.5, 0.6) is 0 Å². The van der Waals surface area contributed by atoms with Crippen molar-refractivity contribution in [3.63, 3.8) is 0 Å². The van der Waals surface area contributed by atoms with E-state index in [2.05, 4.69) is 20.4 Å². The highest BCUT2D eigenvalue weighted by Crippen LogP contribution is 2.20. The van der Waals surface area contributed by atoms with Gasteiger partial charge in [-0.2, -0.15) is 4.98 Å². The molecule has 2 heterocycles. The van der Waals surface area contributed by atoms with E-state index in [-0.39, 0.29) is 23.7 Å². The molecule has 6 nitrogen and oxygen atoms in total. The molecule has 1 amide bonds. The number of nitrogens with zero attached hydrogens (tertiary/aromatic N) is 3. The molecule has 25 heavy (non-hydrogen) atoms. The largest absolute Gasteiger partial charge is 0.346 e. The number of aromatic nitrogens is 2. The first-order valence-electron chi connectivity index (χ1n) is 8.58. The lowest BCUT2D eigenvalue weighted by atomic mass is 9.96. The van der Waals surface area contributed by atoms with Crippen LogP contribution in [-0.4, -0.2) is 34.0 Å². The lowest BCUT2D eigenvalue weighted by Gasteiger charge is -2.32. The van der Waals surface area contributed by atoms with Gasteiger partial charge in [0.15, 0.2) is 5.82 Å². The monoisotopic (exact) mass is 346 g/mol. The zero-order valence-corrected chi connectivity index (χ0v) is 14.5. The van der Waals surface area contributed by atoms with Crippen molar-refractivity contribution in [1.29, 1.82) is 0 Å². The van der Waals surface area contributed by atoms with E-state index in [0.717, 1.165) is 24.9 Å². The van der Waals surface area contributed by atoms with Crippen LogP contribution in [0.1, 0.15) is 43.1 Å². The number of benzene rings is 1. The molecule has 1 N–H and O–H groups in total. The Kier molecular flexibility index (Phi) is 5.43. The van der Waals surface area contributed by atoms with Crippen molar-refractivity contribution < 1.29 is 13.7 Å². The number of aryl methyl sites for hydroxylation is 1. The molecule has 0 unspecified atom stereocenters. The third-order valence-corrected chi connectivity index (χ3v) is 4.46. The van der Waals surface area contributed by atoms with Gasteiger partial charge in [0.2, 0.25) is 11.8 Å². The standard InChI is InChI=1S/C18H23FN4O2/c1-12(17-21-13(2)25-22-17)20-18(24)15-6-4-8-23(11-15)10-14-5-3-7-16(19)9-14/h3,5,7,9,12,15H,4,6,8,10-11H2,1-2H3,(H,20,24)/t12-,15-/m0/s1. The van der Waals surface area contributed by atoms with Crippen molar-refractivity contribution in [2.24, 2.45) is 5.92 Å². The Balaban J connectivity index is 1.56. The Morgan fingerprint density at radius 1 is 1.52 bits per heavy atom. The second kappa shape index (κ2) is 7.74. The quantitative estimate of drug-likeness (QED) is 0.901. The minimum atomic E-state index is -0.288. The Hall–Kier alpha value is -2.28. The summed E-state index contributed by atoms with van der Waals surface area (Å²) in [5.74, 6) is 0.651. The molecule has 2 aromatic rings. The number of hydrogen-bond acceptors (Lipinski definition) is 5. The van der Waals surface area contributed by atoms with Gasteiger partial charge >= 0.3 is 0 Å². The van der Waals surface area contributed by atoms with Crippen LogP contribution < -0.4 is 5.32 Å². The van der Waals surface area contributed by atoms with E-state index < -0.39 is 0 Å². The van der Waals surface area contributed by atoms with Crippen LogP contribution in [0.4, 0.5) is 4.39 Å². The second-order valence-electron chi connectivity index (χ2n) is 6.61. The normalized spacial score (nSPS) is 19.6. The van der Waals surface area contributed by atoms with Crippen molar-refractivity contribution in [2.45, 2.75) is 39.3 Å². The van der Waals surface area contributed by atoms with E-state index in [1.165, 1.54) is 6.07 Å². The molecule has 0 saturated carbocycles. The first-order chi connectivity index (χ1) is 12.0. The number of nitrogens with one attached hydrogen (secondary N) is 1. The first-order valence-corrected chi connectivity index (χ1v) is 8.58.